The van der Waals surface area contributed by atoms with E-state index in [4.69, 9.17) is 0 Å². The average Bonchev–Trinajstić information content (AvgIpc) is 2.74. The summed E-state index contributed by atoms with van der Waals surface area (Å²) in [4.78, 5) is 0. The van der Waals surface area contributed by atoms with Crippen molar-refractivity contribution in [3.8, 4) is 0 Å². The van der Waals surface area contributed by atoms with Gasteiger partial charge in [0.05, 0.1) is 18.5 Å². The SMILES string of the molecule is C=CC/C(=C(\c1ccccc1)N(Cc1ccccc1)S(C)(=O)=O)c1ccccc1. The highest BCUT2D eigenvalue weighted by atomic mass is 32.2. The molecule has 0 aromatic heterocycles. The molecule has 0 saturated heterocycles. The van der Waals surface area contributed by atoms with Gasteiger partial charge in [-0.05, 0) is 28.7 Å². The van der Waals surface area contributed by atoms with Gasteiger partial charge in [0.1, 0.15) is 0 Å². The number of nitrogens with zero attached hydrogens (tertiary/aromatic N) is 1. The lowest BCUT2D eigenvalue weighted by atomic mass is 9.96. The van der Waals surface area contributed by atoms with Gasteiger partial charge in [0.2, 0.25) is 10.0 Å². The van der Waals surface area contributed by atoms with E-state index in [-0.39, 0.29) is 6.54 Å². The quantitative estimate of drug-likeness (QED) is 0.363. The highest BCUT2D eigenvalue weighted by Crippen LogP contribution is 2.34. The van der Waals surface area contributed by atoms with Crippen LogP contribution < -0.4 is 0 Å². The molecule has 3 rings (SSSR count). The van der Waals surface area contributed by atoms with E-state index in [2.05, 4.69) is 6.58 Å². The Morgan fingerprint density at radius 1 is 0.828 bits per heavy atom. The summed E-state index contributed by atoms with van der Waals surface area (Å²) in [5, 5.41) is 0. The van der Waals surface area contributed by atoms with E-state index in [1.54, 1.807) is 0 Å². The summed E-state index contributed by atoms with van der Waals surface area (Å²) < 4.78 is 27.4. The summed E-state index contributed by atoms with van der Waals surface area (Å²) in [5.41, 5.74) is 4.37. The van der Waals surface area contributed by atoms with Gasteiger partial charge in [-0.25, -0.2) is 8.42 Å². The Hall–Kier alpha value is -3.11. The van der Waals surface area contributed by atoms with Gasteiger partial charge in [-0.15, -0.1) is 6.58 Å². The monoisotopic (exact) mass is 403 g/mol. The average molecular weight is 404 g/mol. The fourth-order valence-corrected chi connectivity index (χ4v) is 4.24. The Kier molecular flexibility index (Phi) is 6.68. The Morgan fingerprint density at radius 2 is 1.31 bits per heavy atom. The number of sulfonamides is 1. The molecule has 0 unspecified atom stereocenters. The van der Waals surface area contributed by atoms with E-state index in [0.29, 0.717) is 12.1 Å². The van der Waals surface area contributed by atoms with Gasteiger partial charge in [0, 0.05) is 0 Å². The summed E-state index contributed by atoms with van der Waals surface area (Å²) in [6.07, 6.45) is 3.62. The fourth-order valence-electron chi connectivity index (χ4n) is 3.31. The molecule has 0 radical (unpaired) electrons. The fraction of sp³-hybridized carbons (Fsp3) is 0.120. The first kappa shape index (κ1) is 20.6. The van der Waals surface area contributed by atoms with E-state index in [0.717, 1.165) is 22.3 Å². The molecular formula is C25H25NO2S. The molecule has 148 valence electrons. The second-order valence-corrected chi connectivity index (χ2v) is 8.71. The molecule has 0 bridgehead atoms. The summed E-state index contributed by atoms with van der Waals surface area (Å²) in [7, 11) is -3.54. The van der Waals surface area contributed by atoms with E-state index in [1.807, 2.05) is 97.1 Å². The molecule has 0 aliphatic heterocycles. The van der Waals surface area contributed by atoms with E-state index >= 15 is 0 Å². The number of hydrogen-bond acceptors (Lipinski definition) is 2. The van der Waals surface area contributed by atoms with Crippen LogP contribution in [0.25, 0.3) is 11.3 Å². The van der Waals surface area contributed by atoms with Crippen molar-refractivity contribution in [3.05, 3.63) is 120 Å². The standard InChI is InChI=1S/C25H25NO2S/c1-3-13-24(22-16-9-5-10-17-22)25(23-18-11-6-12-19-23)26(29(2,27)28)20-21-14-7-4-8-15-21/h3-12,14-19H,1,13,20H2,2H3/b25-24-. The first-order valence-electron chi connectivity index (χ1n) is 9.47. The topological polar surface area (TPSA) is 37.4 Å². The third-order valence-electron chi connectivity index (χ3n) is 4.62. The zero-order valence-electron chi connectivity index (χ0n) is 16.5. The first-order valence-corrected chi connectivity index (χ1v) is 11.3. The van der Waals surface area contributed by atoms with Crippen LogP contribution in [0.1, 0.15) is 23.1 Å². The first-order chi connectivity index (χ1) is 14.0. The molecule has 0 amide bonds. The minimum absolute atomic E-state index is 0.261. The molecule has 0 heterocycles. The zero-order valence-corrected chi connectivity index (χ0v) is 17.3. The van der Waals surface area contributed by atoms with Gasteiger partial charge in [-0.3, -0.25) is 4.31 Å². The van der Waals surface area contributed by atoms with Crippen LogP contribution >= 0.6 is 0 Å². The van der Waals surface area contributed by atoms with Gasteiger partial charge >= 0.3 is 0 Å². The van der Waals surface area contributed by atoms with Crippen LogP contribution in [0.4, 0.5) is 0 Å². The van der Waals surface area contributed by atoms with Crippen LogP contribution in [0.15, 0.2) is 104 Å². The van der Waals surface area contributed by atoms with Gasteiger partial charge in [-0.1, -0.05) is 97.1 Å². The van der Waals surface area contributed by atoms with Crippen molar-refractivity contribution in [2.45, 2.75) is 13.0 Å². The van der Waals surface area contributed by atoms with E-state index in [9.17, 15) is 8.42 Å². The summed E-state index contributed by atoms with van der Waals surface area (Å²) in [6, 6.07) is 29.2. The highest BCUT2D eigenvalue weighted by molar-refractivity contribution is 7.88. The van der Waals surface area contributed by atoms with Crippen LogP contribution in [0.2, 0.25) is 0 Å². The minimum atomic E-state index is -3.54. The molecule has 3 nitrogen and oxygen atoms in total. The lowest BCUT2D eigenvalue weighted by Crippen LogP contribution is -2.29. The molecule has 0 N–H and O–H groups in total. The van der Waals surface area contributed by atoms with E-state index < -0.39 is 10.0 Å². The molecule has 3 aromatic carbocycles. The van der Waals surface area contributed by atoms with Crippen molar-refractivity contribution in [1.82, 2.24) is 4.31 Å². The maximum absolute atomic E-state index is 13.0. The minimum Gasteiger partial charge on any atom is -0.265 e. The summed E-state index contributed by atoms with van der Waals surface area (Å²) in [5.74, 6) is 0. The van der Waals surface area contributed by atoms with Crippen LogP contribution in [-0.2, 0) is 16.6 Å². The van der Waals surface area contributed by atoms with Crippen LogP contribution in [0.3, 0.4) is 0 Å². The number of rotatable bonds is 8. The van der Waals surface area contributed by atoms with Crippen LogP contribution in [0, 0.1) is 0 Å². The Balaban J connectivity index is 2.29. The molecule has 0 aliphatic carbocycles. The molecule has 0 saturated carbocycles. The molecular weight excluding hydrogens is 378 g/mol. The van der Waals surface area contributed by atoms with Crippen molar-refractivity contribution in [2.24, 2.45) is 0 Å². The Bertz CT molecular complexity index is 1070. The van der Waals surface area contributed by atoms with Crippen molar-refractivity contribution in [3.63, 3.8) is 0 Å². The number of benzene rings is 3. The van der Waals surface area contributed by atoms with Gasteiger partial charge in [-0.2, -0.15) is 0 Å². The molecule has 3 aromatic rings. The molecule has 4 heteroatoms. The molecule has 0 aliphatic rings. The van der Waals surface area contributed by atoms with Crippen LogP contribution in [-0.4, -0.2) is 19.0 Å². The Morgan fingerprint density at radius 3 is 1.79 bits per heavy atom. The molecule has 0 fully saturated rings. The second kappa shape index (κ2) is 9.39. The van der Waals surface area contributed by atoms with Crippen molar-refractivity contribution >= 4 is 21.3 Å². The van der Waals surface area contributed by atoms with E-state index in [1.165, 1.54) is 10.6 Å². The third kappa shape index (κ3) is 5.24. The maximum Gasteiger partial charge on any atom is 0.232 e. The van der Waals surface area contributed by atoms with Crippen molar-refractivity contribution < 1.29 is 8.42 Å². The predicted octanol–water partition coefficient (Wildman–Crippen LogP) is 5.59. The van der Waals surface area contributed by atoms with Crippen LogP contribution in [0.5, 0.6) is 0 Å². The van der Waals surface area contributed by atoms with Gasteiger partial charge in [0.25, 0.3) is 0 Å². The normalized spacial score (nSPS) is 12.2. The molecule has 0 spiro atoms. The van der Waals surface area contributed by atoms with Gasteiger partial charge in [0.15, 0.2) is 0 Å². The molecule has 29 heavy (non-hydrogen) atoms. The zero-order chi connectivity index (χ0) is 20.7. The largest absolute Gasteiger partial charge is 0.265 e. The third-order valence-corrected chi connectivity index (χ3v) is 5.73. The lowest BCUT2D eigenvalue weighted by Gasteiger charge is -2.29. The Labute approximate surface area is 173 Å². The van der Waals surface area contributed by atoms with Crippen molar-refractivity contribution in [1.29, 1.82) is 0 Å². The summed E-state index contributed by atoms with van der Waals surface area (Å²) >= 11 is 0. The smallest absolute Gasteiger partial charge is 0.232 e. The van der Waals surface area contributed by atoms with Crippen molar-refractivity contribution in [2.75, 3.05) is 6.26 Å². The number of hydrogen-bond donors (Lipinski definition) is 0. The van der Waals surface area contributed by atoms with Gasteiger partial charge < -0.3 is 0 Å². The predicted molar refractivity (Wildman–Crippen MR) is 121 cm³/mol. The maximum atomic E-state index is 13.0. The summed E-state index contributed by atoms with van der Waals surface area (Å²) in [6.45, 7) is 4.17. The number of allylic oxidation sites excluding steroid dienone is 2. The highest BCUT2D eigenvalue weighted by Gasteiger charge is 2.25. The lowest BCUT2D eigenvalue weighted by molar-refractivity contribution is 0.513. The second-order valence-electron chi connectivity index (χ2n) is 6.81. The molecule has 0 atom stereocenters.